The first-order valence-electron chi connectivity index (χ1n) is 10.6. The summed E-state index contributed by atoms with van der Waals surface area (Å²) in [5.41, 5.74) is 1.82. The molecule has 1 aliphatic rings. The van der Waals surface area contributed by atoms with Crippen molar-refractivity contribution in [2.24, 2.45) is 11.8 Å². The van der Waals surface area contributed by atoms with Crippen LogP contribution in [0, 0.1) is 18.8 Å². The molecule has 2 amide bonds. The smallest absolute Gasteiger partial charge is 0.265 e. The van der Waals surface area contributed by atoms with Crippen molar-refractivity contribution in [3.05, 3.63) is 40.9 Å². The van der Waals surface area contributed by atoms with Crippen molar-refractivity contribution in [2.75, 3.05) is 33.4 Å². The minimum atomic E-state index is -0.0420. The highest BCUT2D eigenvalue weighted by molar-refractivity contribution is 7.17. The van der Waals surface area contributed by atoms with Gasteiger partial charge in [0.25, 0.3) is 5.91 Å². The number of rotatable bonds is 8. The van der Waals surface area contributed by atoms with Gasteiger partial charge in [-0.05, 0) is 32.1 Å². The summed E-state index contributed by atoms with van der Waals surface area (Å²) in [7, 11) is 1.66. The van der Waals surface area contributed by atoms with Crippen LogP contribution in [-0.2, 0) is 9.53 Å². The van der Waals surface area contributed by atoms with E-state index in [1.54, 1.807) is 7.11 Å². The monoisotopic (exact) mass is 429 g/mol. The number of piperidine rings is 1. The van der Waals surface area contributed by atoms with Crippen LogP contribution in [0.25, 0.3) is 10.6 Å². The number of likely N-dealkylation sites (tertiary alicyclic amines) is 1. The molecule has 1 aromatic carbocycles. The summed E-state index contributed by atoms with van der Waals surface area (Å²) < 4.78 is 5.01. The molecule has 2 heterocycles. The topological polar surface area (TPSA) is 71.5 Å². The van der Waals surface area contributed by atoms with E-state index in [2.05, 4.69) is 10.3 Å². The van der Waals surface area contributed by atoms with Crippen LogP contribution >= 0.6 is 11.3 Å². The summed E-state index contributed by atoms with van der Waals surface area (Å²) >= 11 is 1.46. The van der Waals surface area contributed by atoms with Crippen LogP contribution in [0.15, 0.2) is 30.3 Å². The van der Waals surface area contributed by atoms with Crippen molar-refractivity contribution in [1.82, 2.24) is 15.2 Å². The van der Waals surface area contributed by atoms with Crippen LogP contribution in [-0.4, -0.2) is 55.0 Å². The molecule has 1 fully saturated rings. The van der Waals surface area contributed by atoms with Crippen LogP contribution in [0.4, 0.5) is 0 Å². The number of nitrogens with one attached hydrogen (secondary N) is 1. The van der Waals surface area contributed by atoms with Gasteiger partial charge < -0.3 is 15.0 Å². The van der Waals surface area contributed by atoms with E-state index >= 15 is 0 Å². The molecular formula is C23H31N3O3S. The first-order valence-corrected chi connectivity index (χ1v) is 11.4. The van der Waals surface area contributed by atoms with Crippen molar-refractivity contribution in [2.45, 2.75) is 33.1 Å². The minimum Gasteiger partial charge on any atom is -0.385 e. The molecule has 1 aromatic heterocycles. The van der Waals surface area contributed by atoms with E-state index in [-0.39, 0.29) is 17.7 Å². The highest BCUT2D eigenvalue weighted by atomic mass is 32.1. The maximum atomic E-state index is 13.1. The number of benzene rings is 1. The van der Waals surface area contributed by atoms with E-state index in [1.807, 2.05) is 49.1 Å². The molecule has 7 heteroatoms. The van der Waals surface area contributed by atoms with Gasteiger partial charge in [0.1, 0.15) is 9.88 Å². The minimum absolute atomic E-state index is 0.0420. The number of thiazole rings is 1. The Morgan fingerprint density at radius 3 is 2.63 bits per heavy atom. The molecule has 1 saturated heterocycles. The predicted molar refractivity (Wildman–Crippen MR) is 120 cm³/mol. The molecule has 0 aliphatic carbocycles. The van der Waals surface area contributed by atoms with E-state index in [4.69, 9.17) is 4.74 Å². The summed E-state index contributed by atoms with van der Waals surface area (Å²) in [6.07, 6.45) is 2.52. The number of methoxy groups -OCH3 is 1. The molecule has 0 radical (unpaired) electrons. The van der Waals surface area contributed by atoms with Crippen molar-refractivity contribution < 1.29 is 14.3 Å². The molecule has 0 saturated carbocycles. The Bertz CT molecular complexity index is 845. The number of carbonyl (C=O) groups is 2. The van der Waals surface area contributed by atoms with Crippen molar-refractivity contribution in [3.63, 3.8) is 0 Å². The van der Waals surface area contributed by atoms with Crippen LogP contribution in [0.3, 0.4) is 0 Å². The van der Waals surface area contributed by atoms with E-state index in [9.17, 15) is 9.59 Å². The van der Waals surface area contributed by atoms with Gasteiger partial charge >= 0.3 is 0 Å². The summed E-state index contributed by atoms with van der Waals surface area (Å²) in [5, 5.41) is 3.87. The highest BCUT2D eigenvalue weighted by Crippen LogP contribution is 2.31. The number of ether oxygens (including phenoxy) is 1. The molecule has 1 N–H and O–H groups in total. The van der Waals surface area contributed by atoms with Crippen molar-refractivity contribution in [3.8, 4) is 10.6 Å². The number of nitrogens with zero attached hydrogens (tertiary/aromatic N) is 2. The first-order chi connectivity index (χ1) is 14.5. The quantitative estimate of drug-likeness (QED) is 0.649. The molecule has 0 bridgehead atoms. The molecule has 30 heavy (non-hydrogen) atoms. The summed E-state index contributed by atoms with van der Waals surface area (Å²) in [6, 6.07) is 9.96. The van der Waals surface area contributed by atoms with Crippen molar-refractivity contribution >= 4 is 23.2 Å². The third kappa shape index (κ3) is 5.46. The summed E-state index contributed by atoms with van der Waals surface area (Å²) in [4.78, 5) is 32.7. The average molecular weight is 430 g/mol. The second-order valence-corrected chi connectivity index (χ2v) is 8.85. The standard InChI is InChI=1S/C23H31N3O3S/c1-16(21(27)24-12-7-15-29-3)18-10-13-26(14-11-18)23(28)20-17(2)25-22(30-20)19-8-5-4-6-9-19/h4-6,8-9,16,18H,7,10-15H2,1-3H3,(H,24,27)/t16-/m1/s1. The Kier molecular flexibility index (Phi) is 7.99. The molecule has 1 atom stereocenters. The van der Waals surface area contributed by atoms with Gasteiger partial charge in [0.2, 0.25) is 5.91 Å². The van der Waals surface area contributed by atoms with Gasteiger partial charge in [0, 0.05) is 44.8 Å². The van der Waals surface area contributed by atoms with Crippen LogP contribution in [0.2, 0.25) is 0 Å². The van der Waals surface area contributed by atoms with Gasteiger partial charge in [0.15, 0.2) is 0 Å². The van der Waals surface area contributed by atoms with Crippen LogP contribution < -0.4 is 5.32 Å². The number of aryl methyl sites for hydroxylation is 1. The third-order valence-electron chi connectivity index (χ3n) is 5.78. The van der Waals surface area contributed by atoms with Gasteiger partial charge in [-0.2, -0.15) is 0 Å². The average Bonchev–Trinajstić information content (AvgIpc) is 3.18. The second kappa shape index (κ2) is 10.7. The molecule has 162 valence electrons. The maximum Gasteiger partial charge on any atom is 0.265 e. The zero-order valence-corrected chi connectivity index (χ0v) is 18.8. The lowest BCUT2D eigenvalue weighted by Gasteiger charge is -2.34. The molecular weight excluding hydrogens is 398 g/mol. The van der Waals surface area contributed by atoms with Gasteiger partial charge in [-0.3, -0.25) is 9.59 Å². The predicted octanol–water partition coefficient (Wildman–Crippen LogP) is 3.76. The van der Waals surface area contributed by atoms with E-state index < -0.39 is 0 Å². The lowest BCUT2D eigenvalue weighted by atomic mass is 9.84. The Hall–Kier alpha value is -2.25. The van der Waals surface area contributed by atoms with Crippen molar-refractivity contribution in [1.29, 1.82) is 0 Å². The number of hydrogen-bond acceptors (Lipinski definition) is 5. The maximum absolute atomic E-state index is 13.1. The Morgan fingerprint density at radius 2 is 1.97 bits per heavy atom. The molecule has 1 aliphatic heterocycles. The highest BCUT2D eigenvalue weighted by Gasteiger charge is 2.31. The van der Waals surface area contributed by atoms with Gasteiger partial charge in [-0.15, -0.1) is 11.3 Å². The molecule has 0 spiro atoms. The Labute approximate surface area is 182 Å². The lowest BCUT2D eigenvalue weighted by Crippen LogP contribution is -2.42. The third-order valence-corrected chi connectivity index (χ3v) is 6.98. The zero-order valence-electron chi connectivity index (χ0n) is 18.0. The SMILES string of the molecule is COCCCNC(=O)[C@H](C)C1CCN(C(=O)c2sc(-c3ccccc3)nc2C)CC1. The van der Waals surface area contributed by atoms with Gasteiger partial charge in [-0.1, -0.05) is 37.3 Å². The molecule has 2 aromatic rings. The van der Waals surface area contributed by atoms with E-state index in [0.29, 0.717) is 32.2 Å². The molecule has 0 unspecified atom stereocenters. The van der Waals surface area contributed by atoms with Crippen LogP contribution in [0.1, 0.15) is 41.6 Å². The molecule has 3 rings (SSSR count). The largest absolute Gasteiger partial charge is 0.385 e. The van der Waals surface area contributed by atoms with Gasteiger partial charge in [0.05, 0.1) is 5.69 Å². The molecule has 6 nitrogen and oxygen atoms in total. The Balaban J connectivity index is 1.54. The van der Waals surface area contributed by atoms with Gasteiger partial charge in [-0.25, -0.2) is 4.98 Å². The van der Waals surface area contributed by atoms with E-state index in [1.165, 1.54) is 11.3 Å². The van der Waals surface area contributed by atoms with Crippen LogP contribution in [0.5, 0.6) is 0 Å². The fourth-order valence-corrected chi connectivity index (χ4v) is 4.89. The second-order valence-electron chi connectivity index (χ2n) is 7.86. The normalized spacial score (nSPS) is 15.8. The summed E-state index contributed by atoms with van der Waals surface area (Å²) in [5.74, 6) is 0.419. The number of hydrogen-bond donors (Lipinski definition) is 1. The first kappa shape index (κ1) is 22.4. The van der Waals surface area contributed by atoms with E-state index in [0.717, 1.165) is 40.4 Å². The summed E-state index contributed by atoms with van der Waals surface area (Å²) in [6.45, 7) is 6.55. The zero-order chi connectivity index (χ0) is 21.5. The Morgan fingerprint density at radius 1 is 1.27 bits per heavy atom. The fourth-order valence-electron chi connectivity index (χ4n) is 3.85. The number of amides is 2. The number of aromatic nitrogens is 1. The number of carbonyl (C=O) groups excluding carboxylic acids is 2. The fraction of sp³-hybridized carbons (Fsp3) is 0.522. The lowest BCUT2D eigenvalue weighted by molar-refractivity contribution is -0.126.